The number of aromatic nitrogens is 4. The number of carbonyl (C=O) groups excluding carboxylic acids is 1. The van der Waals surface area contributed by atoms with Crippen LogP contribution in [-0.2, 0) is 6.54 Å². The number of fused-ring (bicyclic) bond motifs is 1. The number of amides is 1. The topological polar surface area (TPSA) is 98.7 Å². The summed E-state index contributed by atoms with van der Waals surface area (Å²) in [5.74, 6) is -0.189. The Morgan fingerprint density at radius 3 is 3.10 bits per heavy atom. The highest BCUT2D eigenvalue weighted by molar-refractivity contribution is 7.21. The van der Waals surface area contributed by atoms with Gasteiger partial charge >= 0.3 is 0 Å². The van der Waals surface area contributed by atoms with E-state index in [1.807, 2.05) is 12.1 Å². The van der Waals surface area contributed by atoms with Gasteiger partial charge in [-0.25, -0.2) is 0 Å². The van der Waals surface area contributed by atoms with Crippen LogP contribution >= 0.6 is 11.3 Å². The van der Waals surface area contributed by atoms with E-state index in [0.717, 1.165) is 4.70 Å². The van der Waals surface area contributed by atoms with E-state index in [1.54, 1.807) is 23.3 Å². The molecule has 0 aliphatic heterocycles. The first kappa shape index (κ1) is 12.5. The van der Waals surface area contributed by atoms with Gasteiger partial charge in [-0.15, -0.1) is 16.4 Å². The molecule has 7 nitrogen and oxygen atoms in total. The van der Waals surface area contributed by atoms with E-state index in [1.165, 1.54) is 11.3 Å². The van der Waals surface area contributed by atoms with Crippen LogP contribution in [0.3, 0.4) is 0 Å². The third-order valence-corrected chi connectivity index (χ3v) is 3.95. The normalized spacial score (nSPS) is 10.8. The molecule has 0 radical (unpaired) electrons. The lowest BCUT2D eigenvalue weighted by atomic mass is 10.3. The number of thiophene rings is 1. The minimum atomic E-state index is -0.189. The number of carbonyl (C=O) groups is 1. The van der Waals surface area contributed by atoms with Crippen LogP contribution in [-0.4, -0.2) is 32.4 Å². The van der Waals surface area contributed by atoms with Crippen LogP contribution in [0.5, 0.6) is 0 Å². The van der Waals surface area contributed by atoms with Crippen molar-refractivity contribution in [3.8, 4) is 0 Å². The fourth-order valence-corrected chi connectivity index (χ4v) is 2.83. The molecule has 0 spiro atoms. The summed E-state index contributed by atoms with van der Waals surface area (Å²) < 4.78 is 2.56. The van der Waals surface area contributed by atoms with E-state index in [9.17, 15) is 4.79 Å². The van der Waals surface area contributed by atoms with Crippen LogP contribution in [0.4, 0.5) is 5.69 Å². The number of anilines is 1. The van der Waals surface area contributed by atoms with Gasteiger partial charge in [0.05, 0.1) is 23.1 Å². The van der Waals surface area contributed by atoms with Crippen molar-refractivity contribution in [2.24, 2.45) is 0 Å². The van der Waals surface area contributed by atoms with Crippen LogP contribution in [0.2, 0.25) is 0 Å². The summed E-state index contributed by atoms with van der Waals surface area (Å²) in [5, 5.41) is 10.3. The van der Waals surface area contributed by atoms with Crippen molar-refractivity contribution in [1.82, 2.24) is 25.3 Å². The summed E-state index contributed by atoms with van der Waals surface area (Å²) in [6.45, 7) is 1.03. The van der Waals surface area contributed by atoms with Gasteiger partial charge in [-0.3, -0.25) is 14.5 Å². The molecule has 3 rings (SSSR count). The molecule has 102 valence electrons. The molecule has 0 saturated carbocycles. The molecule has 0 saturated heterocycles. The Bertz CT molecular complexity index is 736. The van der Waals surface area contributed by atoms with Crippen LogP contribution in [0, 0.1) is 0 Å². The largest absolute Gasteiger partial charge is 0.396 e. The number of nitrogens with zero attached hydrogens (tertiary/aromatic N) is 4. The third kappa shape index (κ3) is 2.32. The molecule has 0 bridgehead atoms. The Morgan fingerprint density at radius 1 is 1.45 bits per heavy atom. The number of hydrogen-bond donors (Lipinski definition) is 2. The Kier molecular flexibility index (Phi) is 3.30. The number of rotatable bonds is 4. The second-order valence-corrected chi connectivity index (χ2v) is 5.17. The first-order chi connectivity index (χ1) is 9.75. The lowest BCUT2D eigenvalue weighted by molar-refractivity contribution is 0.0957. The molecule has 8 heteroatoms. The van der Waals surface area contributed by atoms with Gasteiger partial charge < -0.3 is 11.1 Å². The van der Waals surface area contributed by atoms with E-state index in [4.69, 9.17) is 5.73 Å². The molecule has 3 N–H and O–H groups in total. The Morgan fingerprint density at radius 2 is 2.35 bits per heavy atom. The average molecular weight is 288 g/mol. The zero-order valence-corrected chi connectivity index (χ0v) is 11.3. The van der Waals surface area contributed by atoms with Gasteiger partial charge in [0.15, 0.2) is 0 Å². The van der Waals surface area contributed by atoms with Crippen molar-refractivity contribution < 1.29 is 4.79 Å². The zero-order valence-electron chi connectivity index (χ0n) is 10.5. The quantitative estimate of drug-likeness (QED) is 0.743. The SMILES string of the molecule is Nc1c(C(=O)NCCn2ccnn2)sc2cccnc12. The Labute approximate surface area is 118 Å². The first-order valence-electron chi connectivity index (χ1n) is 6.01. The Hall–Kier alpha value is -2.48. The van der Waals surface area contributed by atoms with Gasteiger partial charge in [-0.1, -0.05) is 5.21 Å². The molecule has 3 aromatic rings. The zero-order chi connectivity index (χ0) is 13.9. The number of nitrogens with one attached hydrogen (secondary N) is 1. The molecule has 3 heterocycles. The average Bonchev–Trinajstić information content (AvgIpc) is 3.08. The molecule has 20 heavy (non-hydrogen) atoms. The van der Waals surface area contributed by atoms with Gasteiger partial charge in [0, 0.05) is 18.9 Å². The lowest BCUT2D eigenvalue weighted by Gasteiger charge is -2.03. The monoisotopic (exact) mass is 288 g/mol. The molecule has 3 aromatic heterocycles. The van der Waals surface area contributed by atoms with Crippen molar-refractivity contribution in [3.05, 3.63) is 35.6 Å². The summed E-state index contributed by atoms with van der Waals surface area (Å²) in [4.78, 5) is 16.8. The standard InChI is InChI=1S/C12H12N6OS/c13-9-10-8(2-1-3-14-10)20-11(9)12(19)15-4-6-18-7-5-16-17-18/h1-3,5,7H,4,6,13H2,(H,15,19). The molecule has 0 aliphatic carbocycles. The molecular weight excluding hydrogens is 276 g/mol. The number of nitrogens with two attached hydrogens (primary N) is 1. The second-order valence-electron chi connectivity index (χ2n) is 4.12. The van der Waals surface area contributed by atoms with E-state index in [0.29, 0.717) is 29.2 Å². The highest BCUT2D eigenvalue weighted by Gasteiger charge is 2.16. The minimum absolute atomic E-state index is 0.189. The van der Waals surface area contributed by atoms with Gasteiger partial charge in [-0.2, -0.15) is 0 Å². The summed E-state index contributed by atoms with van der Waals surface area (Å²) in [5.41, 5.74) is 7.08. The maximum atomic E-state index is 12.1. The summed E-state index contributed by atoms with van der Waals surface area (Å²) in [6.07, 6.45) is 5.00. The highest BCUT2D eigenvalue weighted by Crippen LogP contribution is 2.31. The van der Waals surface area contributed by atoms with E-state index >= 15 is 0 Å². The predicted octanol–water partition coefficient (Wildman–Crippen LogP) is 0.900. The van der Waals surface area contributed by atoms with E-state index < -0.39 is 0 Å². The molecule has 0 fully saturated rings. The first-order valence-corrected chi connectivity index (χ1v) is 6.82. The summed E-state index contributed by atoms with van der Waals surface area (Å²) in [6, 6.07) is 3.72. The molecule has 0 aromatic carbocycles. The number of nitrogen functional groups attached to an aromatic ring is 1. The van der Waals surface area contributed by atoms with Gasteiger partial charge in [-0.05, 0) is 12.1 Å². The molecule has 0 unspecified atom stereocenters. The second kappa shape index (κ2) is 5.25. The smallest absolute Gasteiger partial charge is 0.263 e. The molecule has 0 aliphatic rings. The van der Waals surface area contributed by atoms with Crippen LogP contribution in [0.25, 0.3) is 10.2 Å². The van der Waals surface area contributed by atoms with Gasteiger partial charge in [0.1, 0.15) is 10.4 Å². The van der Waals surface area contributed by atoms with Crippen molar-refractivity contribution in [2.45, 2.75) is 6.54 Å². The van der Waals surface area contributed by atoms with Gasteiger partial charge in [0.2, 0.25) is 0 Å². The van der Waals surface area contributed by atoms with E-state index in [-0.39, 0.29) is 5.91 Å². The molecule has 0 atom stereocenters. The highest BCUT2D eigenvalue weighted by atomic mass is 32.1. The van der Waals surface area contributed by atoms with E-state index in [2.05, 4.69) is 20.6 Å². The summed E-state index contributed by atoms with van der Waals surface area (Å²) in [7, 11) is 0. The molecule has 1 amide bonds. The third-order valence-electron chi connectivity index (χ3n) is 2.79. The van der Waals surface area contributed by atoms with Crippen LogP contribution < -0.4 is 11.1 Å². The van der Waals surface area contributed by atoms with Crippen molar-refractivity contribution in [1.29, 1.82) is 0 Å². The number of pyridine rings is 1. The van der Waals surface area contributed by atoms with Crippen molar-refractivity contribution in [2.75, 3.05) is 12.3 Å². The van der Waals surface area contributed by atoms with Crippen molar-refractivity contribution in [3.63, 3.8) is 0 Å². The lowest BCUT2D eigenvalue weighted by Crippen LogP contribution is -2.27. The van der Waals surface area contributed by atoms with Gasteiger partial charge in [0.25, 0.3) is 5.91 Å². The maximum Gasteiger partial charge on any atom is 0.263 e. The fourth-order valence-electron chi connectivity index (χ4n) is 1.83. The minimum Gasteiger partial charge on any atom is -0.396 e. The van der Waals surface area contributed by atoms with Crippen LogP contribution in [0.1, 0.15) is 9.67 Å². The predicted molar refractivity (Wildman–Crippen MR) is 76.4 cm³/mol. The summed E-state index contributed by atoms with van der Waals surface area (Å²) >= 11 is 1.35. The maximum absolute atomic E-state index is 12.1. The fraction of sp³-hybridized carbons (Fsp3) is 0.167. The molecular formula is C12H12N6OS. The number of hydrogen-bond acceptors (Lipinski definition) is 6. The Balaban J connectivity index is 1.71. The van der Waals surface area contributed by atoms with Crippen LogP contribution in [0.15, 0.2) is 30.7 Å². The van der Waals surface area contributed by atoms with Crippen molar-refractivity contribution >= 4 is 33.1 Å².